The molecule has 1 aromatic rings. The molecule has 0 spiro atoms. The highest BCUT2D eigenvalue weighted by molar-refractivity contribution is 5.26. The molecule has 0 amide bonds. The predicted molar refractivity (Wildman–Crippen MR) is 70.5 cm³/mol. The van der Waals surface area contributed by atoms with Crippen LogP contribution in [0.15, 0.2) is 18.5 Å². The molecule has 1 atom stereocenters. The molecule has 1 saturated carbocycles. The largest absolute Gasteiger partial charge is 0.492 e. The summed E-state index contributed by atoms with van der Waals surface area (Å²) in [4.78, 5) is 4.18. The summed E-state index contributed by atoms with van der Waals surface area (Å²) in [6, 6.07) is 1.93. The Morgan fingerprint density at radius 1 is 1.44 bits per heavy atom. The number of rotatable bonds is 6. The van der Waals surface area contributed by atoms with Gasteiger partial charge in [-0.1, -0.05) is 0 Å². The van der Waals surface area contributed by atoms with Gasteiger partial charge in [-0.15, -0.1) is 0 Å². The maximum Gasteiger partial charge on any atom is 0.137 e. The van der Waals surface area contributed by atoms with Crippen molar-refractivity contribution in [2.24, 2.45) is 5.73 Å². The fourth-order valence-corrected chi connectivity index (χ4v) is 2.47. The van der Waals surface area contributed by atoms with Crippen LogP contribution in [0.5, 0.6) is 5.75 Å². The third-order valence-corrected chi connectivity index (χ3v) is 3.76. The van der Waals surface area contributed by atoms with Gasteiger partial charge in [0.25, 0.3) is 0 Å². The molecule has 2 N–H and O–H groups in total. The molecule has 1 aliphatic rings. The van der Waals surface area contributed by atoms with Crippen molar-refractivity contribution in [2.45, 2.75) is 44.2 Å². The molecular formula is C14H22N2O2. The van der Waals surface area contributed by atoms with Gasteiger partial charge in [0.2, 0.25) is 0 Å². The Bertz CT molecular complexity index is 386. The number of pyridine rings is 1. The van der Waals surface area contributed by atoms with Crippen molar-refractivity contribution < 1.29 is 9.47 Å². The number of nitrogens with two attached hydrogens (primary N) is 1. The molecule has 1 fully saturated rings. The van der Waals surface area contributed by atoms with E-state index in [4.69, 9.17) is 15.2 Å². The zero-order valence-corrected chi connectivity index (χ0v) is 11.2. The highest BCUT2D eigenvalue weighted by Gasteiger charge is 2.38. The Balaban J connectivity index is 2.03. The summed E-state index contributed by atoms with van der Waals surface area (Å²) < 4.78 is 11.1. The lowest BCUT2D eigenvalue weighted by atomic mass is 9.75. The number of hydrogen-bond donors (Lipinski definition) is 1. The summed E-state index contributed by atoms with van der Waals surface area (Å²) in [5, 5.41) is 0. The zero-order chi connectivity index (χ0) is 13.0. The monoisotopic (exact) mass is 250 g/mol. The molecular weight excluding hydrogens is 228 g/mol. The van der Waals surface area contributed by atoms with Crippen LogP contribution in [-0.2, 0) is 4.74 Å². The van der Waals surface area contributed by atoms with E-state index in [1.54, 1.807) is 13.3 Å². The van der Waals surface area contributed by atoms with Gasteiger partial charge >= 0.3 is 0 Å². The van der Waals surface area contributed by atoms with Crippen molar-refractivity contribution in [3.63, 3.8) is 0 Å². The smallest absolute Gasteiger partial charge is 0.137 e. The molecule has 18 heavy (non-hydrogen) atoms. The van der Waals surface area contributed by atoms with Gasteiger partial charge in [0.15, 0.2) is 0 Å². The Hall–Kier alpha value is -1.13. The van der Waals surface area contributed by atoms with Crippen LogP contribution in [0, 0.1) is 0 Å². The van der Waals surface area contributed by atoms with E-state index in [-0.39, 0.29) is 11.6 Å². The van der Waals surface area contributed by atoms with E-state index in [0.29, 0.717) is 6.61 Å². The van der Waals surface area contributed by atoms with E-state index < -0.39 is 0 Å². The summed E-state index contributed by atoms with van der Waals surface area (Å²) in [5.74, 6) is 0.783. The van der Waals surface area contributed by atoms with Crippen LogP contribution in [0.1, 0.15) is 44.2 Å². The maximum absolute atomic E-state index is 6.26. The minimum Gasteiger partial charge on any atom is -0.492 e. The number of aromatic nitrogens is 1. The molecule has 4 heteroatoms. The van der Waals surface area contributed by atoms with Crippen molar-refractivity contribution in [2.75, 3.05) is 13.7 Å². The van der Waals surface area contributed by atoms with E-state index in [1.807, 2.05) is 19.2 Å². The van der Waals surface area contributed by atoms with Gasteiger partial charge in [-0.25, -0.2) is 0 Å². The lowest BCUT2D eigenvalue weighted by molar-refractivity contribution is -0.0817. The maximum atomic E-state index is 6.26. The molecule has 1 heterocycles. The van der Waals surface area contributed by atoms with E-state index in [9.17, 15) is 0 Å². The standard InChI is InChI=1S/C14H22N2O2/c1-3-18-12-7-11(9-16-10-12)13(15)8-14(17-2)5-4-6-14/h7,9-10,13H,3-6,8,15H2,1-2H3. The Kier molecular flexibility index (Phi) is 4.19. The molecule has 0 radical (unpaired) electrons. The number of ether oxygens (including phenoxy) is 2. The average molecular weight is 250 g/mol. The van der Waals surface area contributed by atoms with Crippen LogP contribution >= 0.6 is 0 Å². The van der Waals surface area contributed by atoms with Gasteiger partial charge in [-0.3, -0.25) is 4.98 Å². The summed E-state index contributed by atoms with van der Waals surface area (Å²) in [6.07, 6.45) is 7.83. The summed E-state index contributed by atoms with van der Waals surface area (Å²) in [5.41, 5.74) is 7.26. The minimum atomic E-state index is -0.0434. The quantitative estimate of drug-likeness (QED) is 0.842. The second-order valence-electron chi connectivity index (χ2n) is 4.94. The van der Waals surface area contributed by atoms with E-state index in [0.717, 1.165) is 30.6 Å². The predicted octanol–water partition coefficient (Wildman–Crippen LogP) is 2.44. The molecule has 1 aliphatic carbocycles. The van der Waals surface area contributed by atoms with E-state index in [1.165, 1.54) is 6.42 Å². The van der Waals surface area contributed by atoms with Crippen LogP contribution in [0.2, 0.25) is 0 Å². The van der Waals surface area contributed by atoms with Crippen LogP contribution < -0.4 is 10.5 Å². The first-order valence-corrected chi connectivity index (χ1v) is 6.57. The molecule has 0 aliphatic heterocycles. The van der Waals surface area contributed by atoms with Crippen molar-refractivity contribution >= 4 is 0 Å². The highest BCUT2D eigenvalue weighted by atomic mass is 16.5. The lowest BCUT2D eigenvalue weighted by Crippen LogP contribution is -2.41. The van der Waals surface area contributed by atoms with Gasteiger partial charge in [-0.2, -0.15) is 0 Å². The van der Waals surface area contributed by atoms with Crippen molar-refractivity contribution in [1.82, 2.24) is 4.98 Å². The first kappa shape index (κ1) is 13.3. The Morgan fingerprint density at radius 3 is 2.78 bits per heavy atom. The van der Waals surface area contributed by atoms with Crippen molar-refractivity contribution in [3.8, 4) is 5.75 Å². The van der Waals surface area contributed by atoms with Gasteiger partial charge in [0.1, 0.15) is 5.75 Å². The lowest BCUT2D eigenvalue weighted by Gasteiger charge is -2.42. The van der Waals surface area contributed by atoms with Crippen molar-refractivity contribution in [3.05, 3.63) is 24.0 Å². The number of methoxy groups -OCH3 is 1. The molecule has 0 aromatic carbocycles. The number of hydrogen-bond acceptors (Lipinski definition) is 4. The second kappa shape index (κ2) is 5.67. The van der Waals surface area contributed by atoms with Crippen molar-refractivity contribution in [1.29, 1.82) is 0 Å². The van der Waals surface area contributed by atoms with Gasteiger partial charge in [0, 0.05) is 19.3 Å². The van der Waals surface area contributed by atoms with Crippen LogP contribution in [0.4, 0.5) is 0 Å². The topological polar surface area (TPSA) is 57.4 Å². The minimum absolute atomic E-state index is 0.0129. The Labute approximate surface area is 108 Å². The summed E-state index contributed by atoms with van der Waals surface area (Å²) >= 11 is 0. The van der Waals surface area contributed by atoms with Crippen LogP contribution in [0.25, 0.3) is 0 Å². The molecule has 2 rings (SSSR count). The molecule has 0 saturated heterocycles. The summed E-state index contributed by atoms with van der Waals surface area (Å²) in [7, 11) is 1.78. The normalized spacial score (nSPS) is 19.1. The first-order valence-electron chi connectivity index (χ1n) is 6.57. The average Bonchev–Trinajstić information content (AvgIpc) is 2.34. The van der Waals surface area contributed by atoms with E-state index >= 15 is 0 Å². The Morgan fingerprint density at radius 2 is 2.22 bits per heavy atom. The van der Waals surface area contributed by atoms with Gasteiger partial charge in [-0.05, 0) is 44.2 Å². The molecule has 100 valence electrons. The van der Waals surface area contributed by atoms with Crippen LogP contribution in [-0.4, -0.2) is 24.3 Å². The molecule has 1 aromatic heterocycles. The van der Waals surface area contributed by atoms with Gasteiger partial charge < -0.3 is 15.2 Å². The van der Waals surface area contributed by atoms with Gasteiger partial charge in [0.05, 0.1) is 18.4 Å². The molecule has 1 unspecified atom stereocenters. The second-order valence-corrected chi connectivity index (χ2v) is 4.94. The highest BCUT2D eigenvalue weighted by Crippen LogP contribution is 2.41. The molecule has 4 nitrogen and oxygen atoms in total. The first-order chi connectivity index (χ1) is 8.69. The SMILES string of the molecule is CCOc1cncc(C(N)CC2(OC)CCC2)c1. The number of nitrogens with zero attached hydrogens (tertiary/aromatic N) is 1. The summed E-state index contributed by atoms with van der Waals surface area (Å²) in [6.45, 7) is 2.60. The van der Waals surface area contributed by atoms with Crippen LogP contribution in [0.3, 0.4) is 0 Å². The third-order valence-electron chi connectivity index (χ3n) is 3.76. The van der Waals surface area contributed by atoms with E-state index in [2.05, 4.69) is 4.98 Å². The fraction of sp³-hybridized carbons (Fsp3) is 0.643. The third kappa shape index (κ3) is 2.82. The fourth-order valence-electron chi connectivity index (χ4n) is 2.47. The zero-order valence-electron chi connectivity index (χ0n) is 11.2. The molecule has 0 bridgehead atoms.